The molecule has 1 aliphatic heterocycles. The van der Waals surface area contributed by atoms with E-state index in [1.807, 2.05) is 25.1 Å². The number of anilines is 1. The third-order valence-electron chi connectivity index (χ3n) is 3.19. The van der Waals surface area contributed by atoms with E-state index in [0.29, 0.717) is 18.4 Å². The number of nitrogens with zero attached hydrogens (tertiary/aromatic N) is 2. The predicted molar refractivity (Wildman–Crippen MR) is 71.0 cm³/mol. The summed E-state index contributed by atoms with van der Waals surface area (Å²) in [7, 11) is 0. The minimum absolute atomic E-state index is 0.210. The lowest BCUT2D eigenvalue weighted by Gasteiger charge is -2.34. The Morgan fingerprint density at radius 3 is 3.06 bits per heavy atom. The number of piperidine rings is 1. The minimum Gasteiger partial charge on any atom is -0.478 e. The second-order valence-corrected chi connectivity index (χ2v) is 5.06. The van der Waals surface area contributed by atoms with Gasteiger partial charge in [0.15, 0.2) is 0 Å². The molecule has 2 rings (SSSR count). The quantitative estimate of drug-likeness (QED) is 0.776. The first-order valence-electron chi connectivity index (χ1n) is 6.19. The van der Waals surface area contributed by atoms with Gasteiger partial charge in [-0.25, -0.2) is 0 Å². The highest BCUT2D eigenvalue weighted by molar-refractivity contribution is 6.21. The Morgan fingerprint density at radius 2 is 2.35 bits per heavy atom. The molecular formula is C13H19ClN2O. The monoisotopic (exact) mass is 254 g/mol. The summed E-state index contributed by atoms with van der Waals surface area (Å²) < 4.78 is 5.41. The van der Waals surface area contributed by atoms with Crippen molar-refractivity contribution in [2.75, 3.05) is 24.6 Å². The highest BCUT2D eigenvalue weighted by Gasteiger charge is 2.25. The van der Waals surface area contributed by atoms with E-state index in [2.05, 4.69) is 16.8 Å². The molecule has 1 fully saturated rings. The van der Waals surface area contributed by atoms with Gasteiger partial charge in [0.1, 0.15) is 5.82 Å². The molecule has 2 atom stereocenters. The van der Waals surface area contributed by atoms with Crippen LogP contribution in [-0.2, 0) is 0 Å². The molecule has 1 aliphatic rings. The van der Waals surface area contributed by atoms with E-state index < -0.39 is 0 Å². The Balaban J connectivity index is 2.09. The maximum atomic E-state index is 6.31. The second kappa shape index (κ2) is 5.58. The van der Waals surface area contributed by atoms with Crippen LogP contribution in [0.3, 0.4) is 0 Å². The van der Waals surface area contributed by atoms with E-state index in [4.69, 9.17) is 16.3 Å². The molecule has 0 bridgehead atoms. The van der Waals surface area contributed by atoms with Gasteiger partial charge < -0.3 is 9.64 Å². The van der Waals surface area contributed by atoms with Crippen molar-refractivity contribution in [3.8, 4) is 5.88 Å². The molecule has 1 aromatic heterocycles. The fraction of sp³-hybridized carbons (Fsp3) is 0.615. The van der Waals surface area contributed by atoms with Crippen LogP contribution in [0.4, 0.5) is 5.82 Å². The molecular weight excluding hydrogens is 236 g/mol. The SMILES string of the molecule is CCOc1cccc(N2CCC(C)C(Cl)C2)n1. The first-order chi connectivity index (χ1) is 8.20. The van der Waals surface area contributed by atoms with Crippen molar-refractivity contribution >= 4 is 17.4 Å². The molecule has 1 saturated heterocycles. The Bertz CT molecular complexity index is 372. The van der Waals surface area contributed by atoms with Crippen molar-refractivity contribution in [3.63, 3.8) is 0 Å². The molecule has 0 aliphatic carbocycles. The summed E-state index contributed by atoms with van der Waals surface area (Å²) in [4.78, 5) is 6.73. The number of rotatable bonds is 3. The average Bonchev–Trinajstić information content (AvgIpc) is 2.33. The van der Waals surface area contributed by atoms with Gasteiger partial charge >= 0.3 is 0 Å². The number of aromatic nitrogens is 1. The van der Waals surface area contributed by atoms with Crippen LogP contribution in [-0.4, -0.2) is 30.1 Å². The average molecular weight is 255 g/mol. The van der Waals surface area contributed by atoms with Gasteiger partial charge in [-0.05, 0) is 25.3 Å². The van der Waals surface area contributed by atoms with Crippen LogP contribution in [0.25, 0.3) is 0 Å². The van der Waals surface area contributed by atoms with E-state index in [1.165, 1.54) is 0 Å². The molecule has 2 unspecified atom stereocenters. The van der Waals surface area contributed by atoms with Gasteiger partial charge in [-0.2, -0.15) is 4.98 Å². The Kier molecular flexibility index (Phi) is 4.11. The summed E-state index contributed by atoms with van der Waals surface area (Å²) in [5.41, 5.74) is 0. The molecule has 4 heteroatoms. The first-order valence-corrected chi connectivity index (χ1v) is 6.63. The van der Waals surface area contributed by atoms with Gasteiger partial charge in [-0.1, -0.05) is 13.0 Å². The second-order valence-electron chi connectivity index (χ2n) is 4.50. The lowest BCUT2D eigenvalue weighted by molar-refractivity contribution is 0.326. The summed E-state index contributed by atoms with van der Waals surface area (Å²) >= 11 is 6.31. The minimum atomic E-state index is 0.210. The lowest BCUT2D eigenvalue weighted by Crippen LogP contribution is -2.40. The van der Waals surface area contributed by atoms with E-state index >= 15 is 0 Å². The summed E-state index contributed by atoms with van der Waals surface area (Å²) in [5, 5.41) is 0.210. The standard InChI is InChI=1S/C13H19ClN2O/c1-3-17-13-6-4-5-12(15-13)16-8-7-10(2)11(14)9-16/h4-6,10-11H,3,7-9H2,1-2H3. The van der Waals surface area contributed by atoms with Gasteiger partial charge in [0.25, 0.3) is 0 Å². The number of pyridine rings is 1. The smallest absolute Gasteiger partial charge is 0.215 e. The third kappa shape index (κ3) is 3.03. The number of ether oxygens (including phenoxy) is 1. The fourth-order valence-corrected chi connectivity index (χ4v) is 2.33. The lowest BCUT2D eigenvalue weighted by atomic mass is 9.99. The number of alkyl halides is 1. The normalized spacial score (nSPS) is 24.8. The highest BCUT2D eigenvalue weighted by Crippen LogP contribution is 2.26. The number of halogens is 1. The van der Waals surface area contributed by atoms with Crippen molar-refractivity contribution in [2.24, 2.45) is 5.92 Å². The van der Waals surface area contributed by atoms with Gasteiger partial charge in [0.2, 0.25) is 5.88 Å². The summed E-state index contributed by atoms with van der Waals surface area (Å²) in [6.07, 6.45) is 1.12. The zero-order chi connectivity index (χ0) is 12.3. The molecule has 0 saturated carbocycles. The molecule has 2 heterocycles. The van der Waals surface area contributed by atoms with Crippen LogP contribution in [0.1, 0.15) is 20.3 Å². The maximum absolute atomic E-state index is 6.31. The maximum Gasteiger partial charge on any atom is 0.215 e. The van der Waals surface area contributed by atoms with Crippen LogP contribution >= 0.6 is 11.6 Å². The van der Waals surface area contributed by atoms with Gasteiger partial charge in [-0.15, -0.1) is 11.6 Å². The topological polar surface area (TPSA) is 25.4 Å². The van der Waals surface area contributed by atoms with Crippen LogP contribution in [0.15, 0.2) is 18.2 Å². The molecule has 0 spiro atoms. The van der Waals surface area contributed by atoms with Crippen molar-refractivity contribution in [3.05, 3.63) is 18.2 Å². The molecule has 0 N–H and O–H groups in total. The molecule has 1 aromatic rings. The van der Waals surface area contributed by atoms with Gasteiger partial charge in [-0.3, -0.25) is 0 Å². The van der Waals surface area contributed by atoms with E-state index in [0.717, 1.165) is 25.3 Å². The van der Waals surface area contributed by atoms with E-state index in [-0.39, 0.29) is 5.38 Å². The van der Waals surface area contributed by atoms with Crippen LogP contribution in [0.2, 0.25) is 0 Å². The molecule has 94 valence electrons. The Hall–Kier alpha value is -0.960. The number of hydrogen-bond donors (Lipinski definition) is 0. The zero-order valence-electron chi connectivity index (χ0n) is 10.4. The van der Waals surface area contributed by atoms with Crippen LogP contribution in [0, 0.1) is 5.92 Å². The Labute approximate surface area is 108 Å². The fourth-order valence-electron chi connectivity index (χ4n) is 2.04. The zero-order valence-corrected chi connectivity index (χ0v) is 11.2. The third-order valence-corrected chi connectivity index (χ3v) is 3.76. The van der Waals surface area contributed by atoms with Crippen LogP contribution < -0.4 is 9.64 Å². The summed E-state index contributed by atoms with van der Waals surface area (Å²) in [5.74, 6) is 2.24. The van der Waals surface area contributed by atoms with E-state index in [1.54, 1.807) is 0 Å². The number of hydrogen-bond acceptors (Lipinski definition) is 3. The molecule has 17 heavy (non-hydrogen) atoms. The van der Waals surface area contributed by atoms with Crippen LogP contribution in [0.5, 0.6) is 5.88 Å². The van der Waals surface area contributed by atoms with Gasteiger partial charge in [0, 0.05) is 19.2 Å². The largest absolute Gasteiger partial charge is 0.478 e. The summed E-state index contributed by atoms with van der Waals surface area (Å²) in [6.45, 7) is 6.70. The first kappa shape index (κ1) is 12.5. The molecule has 0 amide bonds. The molecule has 0 aromatic carbocycles. The highest BCUT2D eigenvalue weighted by atomic mass is 35.5. The Morgan fingerprint density at radius 1 is 1.53 bits per heavy atom. The van der Waals surface area contributed by atoms with Crippen molar-refractivity contribution in [1.29, 1.82) is 0 Å². The summed E-state index contributed by atoms with van der Waals surface area (Å²) in [6, 6.07) is 5.88. The van der Waals surface area contributed by atoms with Gasteiger partial charge in [0.05, 0.1) is 12.0 Å². The molecule has 3 nitrogen and oxygen atoms in total. The predicted octanol–water partition coefficient (Wildman–Crippen LogP) is 2.93. The van der Waals surface area contributed by atoms with Crippen molar-refractivity contribution in [1.82, 2.24) is 4.98 Å². The van der Waals surface area contributed by atoms with Crippen molar-refractivity contribution < 1.29 is 4.74 Å². The molecule has 0 radical (unpaired) electrons. The van der Waals surface area contributed by atoms with E-state index in [9.17, 15) is 0 Å². The van der Waals surface area contributed by atoms with Crippen molar-refractivity contribution in [2.45, 2.75) is 25.6 Å².